The van der Waals surface area contributed by atoms with Crippen molar-refractivity contribution in [2.45, 2.75) is 62.7 Å². The molecule has 0 aromatic heterocycles. The largest absolute Gasteiger partial charge is 0.323 e. The lowest BCUT2D eigenvalue weighted by Gasteiger charge is -2.26. The fraction of sp³-hybridized carbons (Fsp3) is 1.00. The van der Waals surface area contributed by atoms with E-state index in [2.05, 4.69) is 6.66 Å². The van der Waals surface area contributed by atoms with Gasteiger partial charge in [-0.3, -0.25) is 0 Å². The summed E-state index contributed by atoms with van der Waals surface area (Å²) in [6, 6.07) is 0. The van der Waals surface area contributed by atoms with E-state index in [9.17, 15) is 4.57 Å². The third-order valence-electron chi connectivity index (χ3n) is 4.10. The first-order chi connectivity index (χ1) is 6.21. The van der Waals surface area contributed by atoms with Gasteiger partial charge in [-0.25, -0.2) is 0 Å². The summed E-state index contributed by atoms with van der Waals surface area (Å²) in [6.45, 7) is 2.10. The van der Waals surface area contributed by atoms with Gasteiger partial charge in [0.1, 0.15) is 0 Å². The zero-order valence-corrected chi connectivity index (χ0v) is 9.56. The van der Waals surface area contributed by atoms with E-state index >= 15 is 0 Å². The highest BCUT2D eigenvalue weighted by molar-refractivity contribution is 7.64. The van der Waals surface area contributed by atoms with Gasteiger partial charge < -0.3 is 4.57 Å². The molecule has 0 bridgehead atoms. The summed E-state index contributed by atoms with van der Waals surface area (Å²) in [4.78, 5) is 0. The fourth-order valence-corrected chi connectivity index (χ4v) is 6.51. The van der Waals surface area contributed by atoms with Crippen molar-refractivity contribution in [3.63, 3.8) is 0 Å². The predicted octanol–water partition coefficient (Wildman–Crippen LogP) is 3.86. The Hall–Kier alpha value is 0.230. The molecule has 1 nitrogen and oxygen atoms in total. The Morgan fingerprint density at radius 2 is 1.15 bits per heavy atom. The van der Waals surface area contributed by atoms with E-state index in [0.29, 0.717) is 11.3 Å². The molecule has 13 heavy (non-hydrogen) atoms. The summed E-state index contributed by atoms with van der Waals surface area (Å²) >= 11 is 0. The van der Waals surface area contributed by atoms with Gasteiger partial charge in [0.2, 0.25) is 0 Å². The second kappa shape index (κ2) is 3.77. The molecule has 0 aromatic carbocycles. The van der Waals surface area contributed by atoms with Gasteiger partial charge in [0.05, 0.1) is 7.14 Å². The van der Waals surface area contributed by atoms with E-state index in [0.717, 1.165) is 0 Å². The highest BCUT2D eigenvalue weighted by atomic mass is 31.2. The molecule has 0 heterocycles. The fourth-order valence-electron chi connectivity index (χ4n) is 3.13. The summed E-state index contributed by atoms with van der Waals surface area (Å²) in [5.74, 6) is 0. The van der Waals surface area contributed by atoms with Gasteiger partial charge in [-0.15, -0.1) is 0 Å². The van der Waals surface area contributed by atoms with Crippen molar-refractivity contribution in [3.05, 3.63) is 0 Å². The molecular formula is C11H21OP. The SMILES string of the molecule is CP(=O)(C1CCCC1)C1CCCC1. The normalized spacial score (nSPS) is 27.2. The molecule has 0 N–H and O–H groups in total. The van der Waals surface area contributed by atoms with Gasteiger partial charge in [-0.05, 0) is 32.3 Å². The van der Waals surface area contributed by atoms with Gasteiger partial charge >= 0.3 is 0 Å². The summed E-state index contributed by atoms with van der Waals surface area (Å²) in [7, 11) is -1.79. The van der Waals surface area contributed by atoms with Crippen LogP contribution in [0.2, 0.25) is 0 Å². The van der Waals surface area contributed by atoms with E-state index in [4.69, 9.17) is 0 Å². The molecular weight excluding hydrogens is 179 g/mol. The monoisotopic (exact) mass is 200 g/mol. The average Bonchev–Trinajstić information content (AvgIpc) is 2.78. The van der Waals surface area contributed by atoms with Crippen LogP contribution in [0.3, 0.4) is 0 Å². The molecule has 0 atom stereocenters. The zero-order chi connectivity index (χ0) is 9.31. The molecule has 2 aliphatic carbocycles. The van der Waals surface area contributed by atoms with Crippen molar-refractivity contribution in [1.82, 2.24) is 0 Å². The highest BCUT2D eigenvalue weighted by Crippen LogP contribution is 2.61. The first-order valence-electron chi connectivity index (χ1n) is 5.78. The zero-order valence-electron chi connectivity index (χ0n) is 8.67. The van der Waals surface area contributed by atoms with Crippen LogP contribution < -0.4 is 0 Å². The Morgan fingerprint density at radius 1 is 0.846 bits per heavy atom. The predicted molar refractivity (Wildman–Crippen MR) is 58.0 cm³/mol. The van der Waals surface area contributed by atoms with E-state index in [1.807, 2.05) is 0 Å². The van der Waals surface area contributed by atoms with Gasteiger partial charge in [0, 0.05) is 11.3 Å². The van der Waals surface area contributed by atoms with Crippen LogP contribution in [0.1, 0.15) is 51.4 Å². The van der Waals surface area contributed by atoms with E-state index < -0.39 is 7.14 Å². The molecule has 76 valence electrons. The van der Waals surface area contributed by atoms with Crippen LogP contribution in [-0.4, -0.2) is 18.0 Å². The van der Waals surface area contributed by atoms with Crippen molar-refractivity contribution in [2.24, 2.45) is 0 Å². The van der Waals surface area contributed by atoms with Gasteiger partial charge in [0.15, 0.2) is 0 Å². The topological polar surface area (TPSA) is 17.1 Å². The van der Waals surface area contributed by atoms with Crippen LogP contribution in [0.15, 0.2) is 0 Å². The van der Waals surface area contributed by atoms with E-state index in [1.165, 1.54) is 51.4 Å². The third-order valence-corrected chi connectivity index (χ3v) is 8.03. The van der Waals surface area contributed by atoms with Gasteiger partial charge in [-0.2, -0.15) is 0 Å². The molecule has 0 saturated heterocycles. The molecule has 0 amide bonds. The lowest BCUT2D eigenvalue weighted by molar-refractivity contribution is 0.554. The van der Waals surface area contributed by atoms with E-state index in [1.54, 1.807) is 0 Å². The molecule has 2 fully saturated rings. The van der Waals surface area contributed by atoms with Crippen LogP contribution in [0.25, 0.3) is 0 Å². The minimum atomic E-state index is -1.79. The van der Waals surface area contributed by atoms with Crippen LogP contribution >= 0.6 is 7.14 Å². The Balaban J connectivity index is 2.04. The Bertz CT molecular complexity index is 192. The molecule has 0 unspecified atom stereocenters. The van der Waals surface area contributed by atoms with Crippen molar-refractivity contribution in [1.29, 1.82) is 0 Å². The van der Waals surface area contributed by atoms with Crippen LogP contribution in [-0.2, 0) is 4.57 Å². The summed E-state index contributed by atoms with van der Waals surface area (Å²) in [5.41, 5.74) is 1.21. The molecule has 0 radical (unpaired) electrons. The molecule has 2 heteroatoms. The highest BCUT2D eigenvalue weighted by Gasteiger charge is 2.38. The van der Waals surface area contributed by atoms with Crippen LogP contribution in [0.5, 0.6) is 0 Å². The number of rotatable bonds is 2. The van der Waals surface area contributed by atoms with Gasteiger partial charge in [-0.1, -0.05) is 25.7 Å². The van der Waals surface area contributed by atoms with Crippen molar-refractivity contribution in [2.75, 3.05) is 6.66 Å². The first kappa shape index (κ1) is 9.77. The molecule has 0 aliphatic heterocycles. The quantitative estimate of drug-likeness (QED) is 0.618. The molecule has 2 saturated carbocycles. The molecule has 2 rings (SSSR count). The summed E-state index contributed by atoms with van der Waals surface area (Å²) < 4.78 is 12.6. The van der Waals surface area contributed by atoms with E-state index in [-0.39, 0.29) is 0 Å². The molecule has 0 spiro atoms. The molecule has 2 aliphatic rings. The second-order valence-electron chi connectivity index (χ2n) is 4.94. The first-order valence-corrected chi connectivity index (χ1v) is 8.07. The summed E-state index contributed by atoms with van der Waals surface area (Å²) in [6.07, 6.45) is 10.3. The Kier molecular flexibility index (Phi) is 2.83. The lowest BCUT2D eigenvalue weighted by Crippen LogP contribution is -2.12. The van der Waals surface area contributed by atoms with Crippen molar-refractivity contribution in [3.8, 4) is 0 Å². The minimum Gasteiger partial charge on any atom is -0.323 e. The maximum absolute atomic E-state index is 12.6. The van der Waals surface area contributed by atoms with Crippen molar-refractivity contribution >= 4 is 7.14 Å². The maximum atomic E-state index is 12.6. The number of hydrogen-bond acceptors (Lipinski definition) is 1. The summed E-state index contributed by atoms with van der Waals surface area (Å²) in [5, 5.41) is 0. The van der Waals surface area contributed by atoms with Gasteiger partial charge in [0.25, 0.3) is 0 Å². The lowest BCUT2D eigenvalue weighted by atomic mass is 10.4. The molecule has 0 aromatic rings. The Morgan fingerprint density at radius 3 is 1.46 bits per heavy atom. The Labute approximate surface area is 81.7 Å². The average molecular weight is 200 g/mol. The standard InChI is InChI=1S/C11H21OP/c1-13(12,10-6-2-3-7-10)11-8-4-5-9-11/h10-11H,2-9H2,1H3. The number of hydrogen-bond donors (Lipinski definition) is 0. The van der Waals surface area contributed by atoms with Crippen LogP contribution in [0, 0.1) is 0 Å². The maximum Gasteiger partial charge on any atom is 0.0906 e. The second-order valence-corrected chi connectivity index (χ2v) is 8.51. The van der Waals surface area contributed by atoms with Crippen LogP contribution in [0.4, 0.5) is 0 Å². The third kappa shape index (κ3) is 1.86. The minimum absolute atomic E-state index is 0.607. The smallest absolute Gasteiger partial charge is 0.0906 e. The van der Waals surface area contributed by atoms with Crippen molar-refractivity contribution < 1.29 is 4.57 Å².